The average Bonchev–Trinajstić information content (AvgIpc) is 3.08. The van der Waals surface area contributed by atoms with Gasteiger partial charge < -0.3 is 20.3 Å². The van der Waals surface area contributed by atoms with E-state index in [1.165, 1.54) is 0 Å². The molecule has 0 aliphatic carbocycles. The van der Waals surface area contributed by atoms with Crippen LogP contribution in [-0.4, -0.2) is 69.9 Å². The zero-order valence-electron chi connectivity index (χ0n) is 25.8. The molecule has 3 aromatic carbocycles. The zero-order chi connectivity index (χ0) is 31.9. The van der Waals surface area contributed by atoms with Crippen molar-refractivity contribution in [2.24, 2.45) is 0 Å². The first kappa shape index (κ1) is 30.6. The SMILES string of the molecule is Cc1ccc(NC(=O)c2ccc(CN3CCN(C)CC3)cc2OC(=O)c2ccccc2)cc1Nc1nccc(-c2cccnc2)n1. The van der Waals surface area contributed by atoms with Gasteiger partial charge in [-0.25, -0.2) is 14.8 Å². The van der Waals surface area contributed by atoms with Gasteiger partial charge in [0.1, 0.15) is 5.75 Å². The van der Waals surface area contributed by atoms with Crippen molar-refractivity contribution in [3.8, 4) is 17.0 Å². The number of esters is 1. The molecule has 0 spiro atoms. The normalized spacial score (nSPS) is 13.6. The molecule has 0 unspecified atom stereocenters. The molecule has 2 N–H and O–H groups in total. The van der Waals surface area contributed by atoms with Crippen LogP contribution in [0.25, 0.3) is 11.3 Å². The van der Waals surface area contributed by atoms with Gasteiger partial charge in [0.2, 0.25) is 5.95 Å². The number of carbonyl (C=O) groups is 2. The Balaban J connectivity index is 1.22. The molecule has 6 rings (SSSR count). The highest BCUT2D eigenvalue weighted by Crippen LogP contribution is 2.27. The summed E-state index contributed by atoms with van der Waals surface area (Å²) >= 11 is 0. The monoisotopic (exact) mass is 613 g/mol. The lowest BCUT2D eigenvalue weighted by atomic mass is 10.1. The summed E-state index contributed by atoms with van der Waals surface area (Å²) in [7, 11) is 2.12. The van der Waals surface area contributed by atoms with Crippen LogP contribution in [0.5, 0.6) is 5.75 Å². The lowest BCUT2D eigenvalue weighted by Gasteiger charge is -2.32. The number of piperazine rings is 1. The fourth-order valence-electron chi connectivity index (χ4n) is 5.18. The molecule has 10 nitrogen and oxygen atoms in total. The van der Waals surface area contributed by atoms with Crippen LogP contribution in [0.4, 0.5) is 17.3 Å². The third-order valence-electron chi connectivity index (χ3n) is 7.86. The van der Waals surface area contributed by atoms with E-state index in [9.17, 15) is 9.59 Å². The van der Waals surface area contributed by atoms with Gasteiger partial charge in [-0.3, -0.25) is 14.7 Å². The Bertz CT molecular complexity index is 1820. The molecule has 10 heteroatoms. The Labute approximate surface area is 268 Å². The van der Waals surface area contributed by atoms with Gasteiger partial charge in [-0.2, -0.15) is 0 Å². The number of hydrogen-bond donors (Lipinski definition) is 2. The van der Waals surface area contributed by atoms with Crippen molar-refractivity contribution in [3.05, 3.63) is 126 Å². The van der Waals surface area contributed by atoms with Gasteiger partial charge in [-0.1, -0.05) is 30.3 Å². The van der Waals surface area contributed by atoms with Gasteiger partial charge in [-0.05, 0) is 79.7 Å². The predicted octanol–water partition coefficient (Wildman–Crippen LogP) is 5.81. The highest BCUT2D eigenvalue weighted by Gasteiger charge is 2.20. The van der Waals surface area contributed by atoms with Gasteiger partial charge in [-0.15, -0.1) is 0 Å². The van der Waals surface area contributed by atoms with Crippen molar-refractivity contribution in [3.63, 3.8) is 0 Å². The van der Waals surface area contributed by atoms with Crippen LogP contribution in [0.15, 0.2) is 104 Å². The van der Waals surface area contributed by atoms with E-state index in [1.807, 2.05) is 55.5 Å². The first-order valence-electron chi connectivity index (χ1n) is 15.1. The summed E-state index contributed by atoms with van der Waals surface area (Å²) < 4.78 is 5.85. The molecule has 0 radical (unpaired) electrons. The summed E-state index contributed by atoms with van der Waals surface area (Å²) in [5.74, 6) is -0.295. The summed E-state index contributed by atoms with van der Waals surface area (Å²) in [6, 6.07) is 25.4. The maximum absolute atomic E-state index is 13.7. The number of nitrogens with one attached hydrogen (secondary N) is 2. The molecule has 2 aromatic heterocycles. The number of anilines is 3. The molecule has 0 atom stereocenters. The Morgan fingerprint density at radius 2 is 1.72 bits per heavy atom. The second-order valence-electron chi connectivity index (χ2n) is 11.3. The number of aromatic nitrogens is 3. The minimum Gasteiger partial charge on any atom is -0.422 e. The number of hydrogen-bond acceptors (Lipinski definition) is 9. The highest BCUT2D eigenvalue weighted by molar-refractivity contribution is 6.07. The second kappa shape index (κ2) is 14.1. The lowest BCUT2D eigenvalue weighted by Crippen LogP contribution is -2.43. The molecule has 1 saturated heterocycles. The van der Waals surface area contributed by atoms with Crippen LogP contribution >= 0.6 is 0 Å². The summed E-state index contributed by atoms with van der Waals surface area (Å²) in [6.45, 7) is 6.53. The first-order chi connectivity index (χ1) is 22.4. The molecule has 46 heavy (non-hydrogen) atoms. The van der Waals surface area contributed by atoms with Crippen LogP contribution in [0.3, 0.4) is 0 Å². The Morgan fingerprint density at radius 1 is 0.891 bits per heavy atom. The van der Waals surface area contributed by atoms with E-state index in [4.69, 9.17) is 4.74 Å². The van der Waals surface area contributed by atoms with Crippen molar-refractivity contribution in [1.82, 2.24) is 24.8 Å². The van der Waals surface area contributed by atoms with E-state index >= 15 is 0 Å². The fourth-order valence-corrected chi connectivity index (χ4v) is 5.18. The summed E-state index contributed by atoms with van der Waals surface area (Å²) in [4.78, 5) is 44.6. The molecule has 1 aliphatic rings. The van der Waals surface area contributed by atoms with Crippen LogP contribution in [0.1, 0.15) is 31.8 Å². The molecule has 1 fully saturated rings. The summed E-state index contributed by atoms with van der Waals surface area (Å²) in [5.41, 5.74) is 5.48. The van der Waals surface area contributed by atoms with Crippen LogP contribution in [0, 0.1) is 6.92 Å². The highest BCUT2D eigenvalue weighted by atomic mass is 16.5. The smallest absolute Gasteiger partial charge is 0.343 e. The largest absolute Gasteiger partial charge is 0.422 e. The minimum atomic E-state index is -0.526. The Kier molecular flexibility index (Phi) is 9.37. The maximum Gasteiger partial charge on any atom is 0.343 e. The Hall–Kier alpha value is -5.45. The Morgan fingerprint density at radius 3 is 2.50 bits per heavy atom. The summed E-state index contributed by atoms with van der Waals surface area (Å²) in [5, 5.41) is 6.24. The van der Waals surface area contributed by atoms with E-state index in [0.717, 1.165) is 54.3 Å². The number of rotatable bonds is 9. The number of amides is 1. The van der Waals surface area contributed by atoms with Crippen molar-refractivity contribution in [1.29, 1.82) is 0 Å². The van der Waals surface area contributed by atoms with E-state index in [1.54, 1.807) is 55.0 Å². The predicted molar refractivity (Wildman–Crippen MR) is 178 cm³/mol. The van der Waals surface area contributed by atoms with E-state index in [0.29, 0.717) is 23.7 Å². The third-order valence-corrected chi connectivity index (χ3v) is 7.86. The van der Waals surface area contributed by atoms with Crippen molar-refractivity contribution >= 4 is 29.2 Å². The number of benzene rings is 3. The second-order valence-corrected chi connectivity index (χ2v) is 11.3. The minimum absolute atomic E-state index is 0.212. The van der Waals surface area contributed by atoms with Gasteiger partial charge in [0.15, 0.2) is 0 Å². The number of carbonyl (C=O) groups excluding carboxylic acids is 2. The molecular formula is C36H35N7O3. The van der Waals surface area contributed by atoms with Gasteiger partial charge in [0, 0.05) is 68.3 Å². The number of likely N-dealkylation sites (N-methyl/N-ethyl adjacent to an activating group) is 1. The lowest BCUT2D eigenvalue weighted by molar-refractivity contribution is 0.0732. The van der Waals surface area contributed by atoms with Gasteiger partial charge in [0.05, 0.1) is 16.8 Å². The van der Waals surface area contributed by atoms with Crippen molar-refractivity contribution < 1.29 is 14.3 Å². The van der Waals surface area contributed by atoms with Crippen molar-refractivity contribution in [2.75, 3.05) is 43.9 Å². The van der Waals surface area contributed by atoms with Crippen LogP contribution in [0.2, 0.25) is 0 Å². The van der Waals surface area contributed by atoms with Crippen molar-refractivity contribution in [2.45, 2.75) is 13.5 Å². The molecule has 0 bridgehead atoms. The number of pyridine rings is 1. The molecule has 1 aliphatic heterocycles. The van der Waals surface area contributed by atoms with E-state index in [2.05, 4.69) is 42.4 Å². The number of aryl methyl sites for hydroxylation is 1. The molecule has 1 amide bonds. The average molecular weight is 614 g/mol. The molecule has 0 saturated carbocycles. The molecule has 5 aromatic rings. The van der Waals surface area contributed by atoms with Crippen LogP contribution in [-0.2, 0) is 6.54 Å². The first-order valence-corrected chi connectivity index (χ1v) is 15.1. The summed E-state index contributed by atoms with van der Waals surface area (Å²) in [6.07, 6.45) is 5.15. The molecule has 3 heterocycles. The van der Waals surface area contributed by atoms with E-state index in [-0.39, 0.29) is 11.3 Å². The van der Waals surface area contributed by atoms with Gasteiger partial charge >= 0.3 is 5.97 Å². The third kappa shape index (κ3) is 7.60. The quantitative estimate of drug-likeness (QED) is 0.157. The molecule has 232 valence electrons. The number of nitrogens with zero attached hydrogens (tertiary/aromatic N) is 5. The number of ether oxygens (including phenoxy) is 1. The van der Waals surface area contributed by atoms with Gasteiger partial charge in [0.25, 0.3) is 5.91 Å². The van der Waals surface area contributed by atoms with Crippen LogP contribution < -0.4 is 15.4 Å². The van der Waals surface area contributed by atoms with E-state index < -0.39 is 11.9 Å². The molecular weight excluding hydrogens is 578 g/mol. The topological polar surface area (TPSA) is 113 Å². The maximum atomic E-state index is 13.7. The fraction of sp³-hybridized carbons (Fsp3) is 0.194. The standard InChI is InChI=1S/C36H35N7O3/c1-25-10-12-29(22-32(25)41-36-38-16-14-31(40-36)28-9-6-15-37-23-28)39-34(44)30-13-11-26(24-43-19-17-42(2)18-20-43)21-33(30)46-35(45)27-7-4-3-5-8-27/h3-16,21-23H,17-20,24H2,1-2H3,(H,39,44)(H,38,40,41). The zero-order valence-corrected chi connectivity index (χ0v) is 25.8.